The lowest BCUT2D eigenvalue weighted by atomic mass is 9.74. The number of halogens is 1. The molecule has 0 atom stereocenters. The fourth-order valence-corrected chi connectivity index (χ4v) is 2.52. The van der Waals surface area contributed by atoms with Gasteiger partial charge in [-0.2, -0.15) is 5.26 Å². The molecule has 0 spiro atoms. The van der Waals surface area contributed by atoms with E-state index in [4.69, 9.17) is 16.3 Å². The number of methoxy groups -OCH3 is 1. The number of piperidine rings is 1. The van der Waals surface area contributed by atoms with Gasteiger partial charge in [-0.25, -0.2) is 0 Å². The van der Waals surface area contributed by atoms with E-state index in [1.807, 2.05) is 12.1 Å². The highest BCUT2D eigenvalue weighted by molar-refractivity contribution is 6.30. The van der Waals surface area contributed by atoms with E-state index in [0.29, 0.717) is 10.8 Å². The second kappa shape index (κ2) is 4.95. The van der Waals surface area contributed by atoms with Gasteiger partial charge in [0.2, 0.25) is 0 Å². The summed E-state index contributed by atoms with van der Waals surface area (Å²) in [5, 5.41) is 13.4. The first-order valence-electron chi connectivity index (χ1n) is 5.68. The molecule has 3 nitrogen and oxygen atoms in total. The predicted molar refractivity (Wildman–Crippen MR) is 67.4 cm³/mol. The van der Waals surface area contributed by atoms with E-state index >= 15 is 0 Å². The van der Waals surface area contributed by atoms with Crippen LogP contribution in [0.4, 0.5) is 0 Å². The van der Waals surface area contributed by atoms with Gasteiger partial charge in [-0.05, 0) is 38.1 Å². The number of rotatable bonds is 2. The fraction of sp³-hybridized carbons (Fsp3) is 0.462. The number of benzene rings is 1. The van der Waals surface area contributed by atoms with Crippen molar-refractivity contribution in [1.82, 2.24) is 5.32 Å². The Morgan fingerprint density at radius 3 is 2.71 bits per heavy atom. The Hall–Kier alpha value is -1.24. The van der Waals surface area contributed by atoms with Gasteiger partial charge in [-0.1, -0.05) is 17.7 Å². The van der Waals surface area contributed by atoms with E-state index in [1.165, 1.54) is 0 Å². The van der Waals surface area contributed by atoms with Crippen molar-refractivity contribution in [2.75, 3.05) is 20.2 Å². The Balaban J connectivity index is 2.47. The van der Waals surface area contributed by atoms with E-state index in [1.54, 1.807) is 13.2 Å². The van der Waals surface area contributed by atoms with Crippen LogP contribution in [0, 0.1) is 11.3 Å². The van der Waals surface area contributed by atoms with Crippen LogP contribution in [-0.4, -0.2) is 20.2 Å². The third-order valence-electron chi connectivity index (χ3n) is 3.35. The summed E-state index contributed by atoms with van der Waals surface area (Å²) in [5.41, 5.74) is 0.509. The van der Waals surface area contributed by atoms with Gasteiger partial charge in [0.1, 0.15) is 5.75 Å². The van der Waals surface area contributed by atoms with Crippen LogP contribution in [0.25, 0.3) is 0 Å². The molecule has 2 rings (SSSR count). The van der Waals surface area contributed by atoms with Gasteiger partial charge in [0, 0.05) is 10.6 Å². The summed E-state index contributed by atoms with van der Waals surface area (Å²) in [4.78, 5) is 0. The number of nitrogens with zero attached hydrogens (tertiary/aromatic N) is 1. The van der Waals surface area contributed by atoms with Crippen molar-refractivity contribution in [3.8, 4) is 11.8 Å². The number of ether oxygens (including phenoxy) is 1. The molecule has 1 aliphatic heterocycles. The van der Waals surface area contributed by atoms with Gasteiger partial charge in [-0.15, -0.1) is 0 Å². The van der Waals surface area contributed by atoms with Crippen LogP contribution in [0.3, 0.4) is 0 Å². The van der Waals surface area contributed by atoms with Crippen LogP contribution in [-0.2, 0) is 5.41 Å². The summed E-state index contributed by atoms with van der Waals surface area (Å²) in [6.07, 6.45) is 1.61. The third-order valence-corrected chi connectivity index (χ3v) is 3.59. The van der Waals surface area contributed by atoms with E-state index in [0.717, 1.165) is 31.5 Å². The van der Waals surface area contributed by atoms with E-state index < -0.39 is 5.41 Å². The number of hydrogen-bond acceptors (Lipinski definition) is 3. The standard InChI is InChI=1S/C13H15ClN2O/c1-17-12-8-10(14)2-3-11(12)13(9-15)4-6-16-7-5-13/h2-3,8,16H,4-7H2,1H3. The molecule has 1 aliphatic rings. The first-order valence-corrected chi connectivity index (χ1v) is 6.06. The molecule has 1 fully saturated rings. The number of nitriles is 1. The molecule has 1 aromatic rings. The zero-order valence-corrected chi connectivity index (χ0v) is 10.5. The molecule has 0 amide bonds. The van der Waals surface area contributed by atoms with E-state index in [2.05, 4.69) is 11.4 Å². The molecule has 0 bridgehead atoms. The normalized spacial score (nSPS) is 18.4. The average molecular weight is 251 g/mol. The van der Waals surface area contributed by atoms with Crippen LogP contribution in [0.2, 0.25) is 5.02 Å². The van der Waals surface area contributed by atoms with Crippen molar-refractivity contribution in [2.24, 2.45) is 0 Å². The molecule has 0 radical (unpaired) electrons. The molecule has 1 saturated heterocycles. The Labute approximate surface area is 106 Å². The van der Waals surface area contributed by atoms with Crippen LogP contribution >= 0.6 is 11.6 Å². The predicted octanol–water partition coefficient (Wildman–Crippen LogP) is 2.49. The summed E-state index contributed by atoms with van der Waals surface area (Å²) in [5.74, 6) is 0.709. The summed E-state index contributed by atoms with van der Waals surface area (Å²) >= 11 is 5.95. The van der Waals surface area contributed by atoms with E-state index in [-0.39, 0.29) is 0 Å². The Bertz CT molecular complexity index is 447. The zero-order valence-electron chi connectivity index (χ0n) is 9.79. The van der Waals surface area contributed by atoms with Gasteiger partial charge in [-0.3, -0.25) is 0 Å². The first-order chi connectivity index (χ1) is 8.22. The highest BCUT2D eigenvalue weighted by Gasteiger charge is 2.36. The lowest BCUT2D eigenvalue weighted by Gasteiger charge is -2.32. The van der Waals surface area contributed by atoms with Gasteiger partial charge in [0.05, 0.1) is 18.6 Å². The molecule has 17 heavy (non-hydrogen) atoms. The van der Waals surface area contributed by atoms with Crippen LogP contribution in [0.15, 0.2) is 18.2 Å². The maximum Gasteiger partial charge on any atom is 0.125 e. The maximum absolute atomic E-state index is 9.52. The molecule has 4 heteroatoms. The lowest BCUT2D eigenvalue weighted by molar-refractivity contribution is 0.353. The molecular formula is C13H15ClN2O. The highest BCUT2D eigenvalue weighted by Crippen LogP contribution is 2.39. The monoisotopic (exact) mass is 250 g/mol. The minimum Gasteiger partial charge on any atom is -0.496 e. The molecule has 0 unspecified atom stereocenters. The van der Waals surface area contributed by atoms with Gasteiger partial charge >= 0.3 is 0 Å². The van der Waals surface area contributed by atoms with Crippen molar-refractivity contribution in [3.05, 3.63) is 28.8 Å². The topological polar surface area (TPSA) is 45.0 Å². The maximum atomic E-state index is 9.52. The van der Waals surface area contributed by atoms with Gasteiger partial charge in [0.25, 0.3) is 0 Å². The van der Waals surface area contributed by atoms with Crippen molar-refractivity contribution in [3.63, 3.8) is 0 Å². The molecule has 1 aromatic carbocycles. The van der Waals surface area contributed by atoms with Crippen molar-refractivity contribution < 1.29 is 4.74 Å². The second-order valence-electron chi connectivity index (χ2n) is 4.29. The highest BCUT2D eigenvalue weighted by atomic mass is 35.5. The summed E-state index contributed by atoms with van der Waals surface area (Å²) in [6.45, 7) is 1.72. The van der Waals surface area contributed by atoms with E-state index in [9.17, 15) is 5.26 Å². The molecule has 0 saturated carbocycles. The minimum absolute atomic E-state index is 0.443. The van der Waals surface area contributed by atoms with Crippen LogP contribution < -0.4 is 10.1 Å². The smallest absolute Gasteiger partial charge is 0.125 e. The SMILES string of the molecule is COc1cc(Cl)ccc1C1(C#N)CCNCC1. The zero-order chi connectivity index (χ0) is 12.3. The first kappa shape index (κ1) is 12.2. The van der Waals surface area contributed by atoms with Crippen LogP contribution in [0.1, 0.15) is 18.4 Å². The van der Waals surface area contributed by atoms with Gasteiger partial charge < -0.3 is 10.1 Å². The van der Waals surface area contributed by atoms with Crippen molar-refractivity contribution in [2.45, 2.75) is 18.3 Å². The molecule has 1 N–H and O–H groups in total. The molecule has 0 aromatic heterocycles. The average Bonchev–Trinajstić information content (AvgIpc) is 2.39. The molecule has 1 heterocycles. The Kier molecular flexibility index (Phi) is 3.56. The molecule has 90 valence electrons. The fourth-order valence-electron chi connectivity index (χ4n) is 2.36. The summed E-state index contributed by atoms with van der Waals surface area (Å²) in [6, 6.07) is 7.97. The largest absolute Gasteiger partial charge is 0.496 e. The Morgan fingerprint density at radius 1 is 1.41 bits per heavy atom. The second-order valence-corrected chi connectivity index (χ2v) is 4.72. The number of nitrogens with one attached hydrogen (secondary N) is 1. The van der Waals surface area contributed by atoms with Crippen LogP contribution in [0.5, 0.6) is 5.75 Å². The lowest BCUT2D eigenvalue weighted by Crippen LogP contribution is -2.39. The summed E-state index contributed by atoms with van der Waals surface area (Å²) in [7, 11) is 1.61. The molecule has 0 aliphatic carbocycles. The number of hydrogen-bond donors (Lipinski definition) is 1. The van der Waals surface area contributed by atoms with Gasteiger partial charge in [0.15, 0.2) is 0 Å². The quantitative estimate of drug-likeness (QED) is 0.877. The van der Waals surface area contributed by atoms with Crippen molar-refractivity contribution in [1.29, 1.82) is 5.26 Å². The van der Waals surface area contributed by atoms with Crippen molar-refractivity contribution >= 4 is 11.6 Å². The molecular weight excluding hydrogens is 236 g/mol. The minimum atomic E-state index is -0.443. The summed E-state index contributed by atoms with van der Waals surface area (Å²) < 4.78 is 5.35. The Morgan fingerprint density at radius 2 is 2.12 bits per heavy atom. The third kappa shape index (κ3) is 2.24.